The smallest absolute Gasteiger partial charge is 0.279 e. The first-order chi connectivity index (χ1) is 10.2. The van der Waals surface area contributed by atoms with Crippen LogP contribution in [0.15, 0.2) is 51.9 Å². The molecule has 0 bridgehead atoms. The first-order valence-corrected chi connectivity index (χ1v) is 6.21. The van der Waals surface area contributed by atoms with Crippen molar-refractivity contribution in [2.75, 3.05) is 5.32 Å². The average Bonchev–Trinajstić information content (AvgIpc) is 3.00. The Hall–Kier alpha value is -2.96. The molecule has 0 aliphatic carbocycles. The number of benzene rings is 1. The van der Waals surface area contributed by atoms with Crippen molar-refractivity contribution in [3.8, 4) is 11.3 Å². The monoisotopic (exact) mass is 286 g/mol. The number of rotatable bonds is 4. The van der Waals surface area contributed by atoms with Crippen molar-refractivity contribution in [2.24, 2.45) is 0 Å². The molecule has 6 nitrogen and oxygen atoms in total. The molecule has 0 saturated carbocycles. The van der Waals surface area contributed by atoms with Crippen LogP contribution in [0.2, 0.25) is 0 Å². The van der Waals surface area contributed by atoms with Crippen LogP contribution >= 0.6 is 0 Å². The van der Waals surface area contributed by atoms with Crippen molar-refractivity contribution in [3.63, 3.8) is 0 Å². The van der Waals surface area contributed by atoms with Crippen molar-refractivity contribution in [1.82, 2.24) is 15.2 Å². The van der Waals surface area contributed by atoms with Crippen molar-refractivity contribution in [2.45, 2.75) is 6.54 Å². The Morgan fingerprint density at radius 2 is 2.00 bits per heavy atom. The largest absolute Gasteiger partial charge is 0.467 e. The van der Waals surface area contributed by atoms with Crippen LogP contribution in [0.25, 0.3) is 11.3 Å². The summed E-state index contributed by atoms with van der Waals surface area (Å²) in [6.07, 6.45) is 1.56. The Morgan fingerprint density at radius 1 is 1.19 bits per heavy atom. The fourth-order valence-electron chi connectivity index (χ4n) is 1.80. The van der Waals surface area contributed by atoms with E-state index in [1.807, 2.05) is 0 Å². The molecule has 2 heterocycles. The van der Waals surface area contributed by atoms with Crippen LogP contribution in [0.4, 0.5) is 10.3 Å². The van der Waals surface area contributed by atoms with Crippen LogP contribution in [0.3, 0.4) is 0 Å². The second kappa shape index (κ2) is 5.58. The molecule has 7 heteroatoms. The molecule has 0 atom stereocenters. The van der Waals surface area contributed by atoms with Gasteiger partial charge in [-0.25, -0.2) is 4.39 Å². The number of hydrogen-bond donors (Lipinski definition) is 2. The number of aromatic nitrogens is 3. The normalized spacial score (nSPS) is 10.5. The Balaban J connectivity index is 1.79. The van der Waals surface area contributed by atoms with E-state index in [4.69, 9.17) is 4.42 Å². The van der Waals surface area contributed by atoms with Gasteiger partial charge in [0, 0.05) is 5.56 Å². The van der Waals surface area contributed by atoms with Gasteiger partial charge in [0.25, 0.3) is 5.56 Å². The van der Waals surface area contributed by atoms with Crippen molar-refractivity contribution in [1.29, 1.82) is 0 Å². The molecular formula is C14H11FN4O2. The number of hydrogen-bond acceptors (Lipinski definition) is 5. The number of H-pyrrole nitrogens is 1. The highest BCUT2D eigenvalue weighted by molar-refractivity contribution is 5.57. The van der Waals surface area contributed by atoms with E-state index in [1.165, 1.54) is 24.3 Å². The Morgan fingerprint density at radius 3 is 2.67 bits per heavy atom. The highest BCUT2D eigenvalue weighted by Crippen LogP contribution is 2.13. The SMILES string of the molecule is O=c1[nH]c(NCc2ccco2)nnc1-c1ccc(F)cc1. The third-order valence-corrected chi connectivity index (χ3v) is 2.82. The molecule has 2 aromatic heterocycles. The van der Waals surface area contributed by atoms with Gasteiger partial charge in [-0.2, -0.15) is 0 Å². The lowest BCUT2D eigenvalue weighted by Gasteiger charge is -2.04. The van der Waals surface area contributed by atoms with Crippen LogP contribution in [0.1, 0.15) is 5.76 Å². The van der Waals surface area contributed by atoms with E-state index in [0.29, 0.717) is 17.9 Å². The number of nitrogens with zero attached hydrogens (tertiary/aromatic N) is 2. The molecule has 21 heavy (non-hydrogen) atoms. The predicted octanol–water partition coefficient (Wildman–Crippen LogP) is 2.18. The molecule has 0 saturated heterocycles. The molecule has 106 valence electrons. The minimum Gasteiger partial charge on any atom is -0.467 e. The summed E-state index contributed by atoms with van der Waals surface area (Å²) >= 11 is 0. The van der Waals surface area contributed by atoms with Gasteiger partial charge in [0.2, 0.25) is 5.95 Å². The highest BCUT2D eigenvalue weighted by atomic mass is 19.1. The summed E-state index contributed by atoms with van der Waals surface area (Å²) in [7, 11) is 0. The lowest BCUT2D eigenvalue weighted by atomic mass is 10.2. The fraction of sp³-hybridized carbons (Fsp3) is 0.0714. The summed E-state index contributed by atoms with van der Waals surface area (Å²) in [5, 5.41) is 10.6. The van der Waals surface area contributed by atoms with Crippen LogP contribution in [0.5, 0.6) is 0 Å². The van der Waals surface area contributed by atoms with Gasteiger partial charge in [-0.15, -0.1) is 10.2 Å². The maximum Gasteiger partial charge on any atom is 0.279 e. The quantitative estimate of drug-likeness (QED) is 0.768. The third kappa shape index (κ3) is 2.97. The number of nitrogens with one attached hydrogen (secondary N) is 2. The zero-order valence-electron chi connectivity index (χ0n) is 10.8. The minimum atomic E-state index is -0.404. The summed E-state index contributed by atoms with van der Waals surface area (Å²) in [4.78, 5) is 14.5. The van der Waals surface area contributed by atoms with Crippen LogP contribution in [-0.4, -0.2) is 15.2 Å². The predicted molar refractivity (Wildman–Crippen MR) is 74.1 cm³/mol. The van der Waals surface area contributed by atoms with Gasteiger partial charge >= 0.3 is 0 Å². The van der Waals surface area contributed by atoms with E-state index in [0.717, 1.165) is 0 Å². The number of anilines is 1. The standard InChI is InChI=1S/C14H11FN4O2/c15-10-5-3-9(4-6-10)12-13(20)17-14(19-18-12)16-8-11-2-1-7-21-11/h1-7H,8H2,(H2,16,17,19,20). The van der Waals surface area contributed by atoms with Crippen LogP contribution < -0.4 is 10.9 Å². The van der Waals surface area contributed by atoms with E-state index in [1.54, 1.807) is 18.4 Å². The maximum atomic E-state index is 12.9. The van der Waals surface area contributed by atoms with E-state index in [2.05, 4.69) is 20.5 Å². The second-order valence-corrected chi connectivity index (χ2v) is 4.29. The van der Waals surface area contributed by atoms with Crippen molar-refractivity contribution < 1.29 is 8.81 Å². The van der Waals surface area contributed by atoms with E-state index in [-0.39, 0.29) is 17.5 Å². The molecule has 0 fully saturated rings. The van der Waals surface area contributed by atoms with Gasteiger partial charge in [0.15, 0.2) is 5.69 Å². The van der Waals surface area contributed by atoms with E-state index in [9.17, 15) is 9.18 Å². The van der Waals surface area contributed by atoms with Crippen LogP contribution in [-0.2, 0) is 6.54 Å². The Labute approximate surface area is 118 Å². The topological polar surface area (TPSA) is 83.8 Å². The minimum absolute atomic E-state index is 0.138. The summed E-state index contributed by atoms with van der Waals surface area (Å²) < 4.78 is 18.0. The molecule has 0 aliphatic heterocycles. The molecule has 0 spiro atoms. The Bertz CT molecular complexity index is 781. The summed E-state index contributed by atoms with van der Waals surface area (Å²) in [5.74, 6) is 0.572. The maximum absolute atomic E-state index is 12.9. The molecule has 2 N–H and O–H groups in total. The first kappa shape index (κ1) is 13.0. The molecule has 1 aromatic carbocycles. The van der Waals surface area contributed by atoms with E-state index >= 15 is 0 Å². The van der Waals surface area contributed by atoms with Gasteiger partial charge in [0.1, 0.15) is 11.6 Å². The zero-order chi connectivity index (χ0) is 14.7. The number of halogens is 1. The van der Waals surface area contributed by atoms with Gasteiger partial charge in [-0.1, -0.05) is 0 Å². The summed E-state index contributed by atoms with van der Waals surface area (Å²) in [6, 6.07) is 9.04. The van der Waals surface area contributed by atoms with Crippen LogP contribution in [0, 0.1) is 5.82 Å². The molecular weight excluding hydrogens is 275 g/mol. The lowest BCUT2D eigenvalue weighted by molar-refractivity contribution is 0.517. The molecule has 3 rings (SSSR count). The molecule has 0 aliphatic rings. The first-order valence-electron chi connectivity index (χ1n) is 6.21. The van der Waals surface area contributed by atoms with Gasteiger partial charge in [-0.05, 0) is 36.4 Å². The average molecular weight is 286 g/mol. The third-order valence-electron chi connectivity index (χ3n) is 2.82. The molecule has 3 aromatic rings. The van der Waals surface area contributed by atoms with Crippen molar-refractivity contribution >= 4 is 5.95 Å². The molecule has 0 radical (unpaired) electrons. The van der Waals surface area contributed by atoms with Gasteiger partial charge < -0.3 is 9.73 Å². The summed E-state index contributed by atoms with van der Waals surface area (Å²) in [5.41, 5.74) is 0.236. The second-order valence-electron chi connectivity index (χ2n) is 4.29. The number of aromatic amines is 1. The highest BCUT2D eigenvalue weighted by Gasteiger charge is 2.08. The molecule has 0 unspecified atom stereocenters. The zero-order valence-corrected chi connectivity index (χ0v) is 10.8. The van der Waals surface area contributed by atoms with Gasteiger partial charge in [-0.3, -0.25) is 9.78 Å². The van der Waals surface area contributed by atoms with Gasteiger partial charge in [0.05, 0.1) is 12.8 Å². The fourth-order valence-corrected chi connectivity index (χ4v) is 1.80. The van der Waals surface area contributed by atoms with Crippen molar-refractivity contribution in [3.05, 3.63) is 64.6 Å². The number of furan rings is 1. The summed E-state index contributed by atoms with van der Waals surface area (Å²) in [6.45, 7) is 0.382. The molecule has 0 amide bonds. The Kier molecular flexibility index (Phi) is 3.46. The van der Waals surface area contributed by atoms with E-state index < -0.39 is 5.56 Å². The lowest BCUT2D eigenvalue weighted by Crippen LogP contribution is -2.16.